The molecule has 1 aliphatic carbocycles. The van der Waals surface area contributed by atoms with Crippen molar-refractivity contribution in [2.24, 2.45) is 13.0 Å². The Morgan fingerprint density at radius 2 is 1.91 bits per heavy atom. The Kier molecular flexibility index (Phi) is 3.52. The van der Waals surface area contributed by atoms with Crippen molar-refractivity contribution in [3.05, 3.63) is 42.5 Å². The number of piperazine rings is 1. The number of nitrogens with zero attached hydrogens (tertiary/aromatic N) is 5. The molecule has 2 fully saturated rings. The number of anilines is 1. The smallest absolute Gasteiger partial charge is 0.226 e. The van der Waals surface area contributed by atoms with E-state index >= 15 is 0 Å². The standard InChI is InChI=1S/C17H21N5O/c1-20-12-13(11-19-20)15-10-16(15)17(23)22-8-6-21(7-9-22)14-2-4-18-5-3-14/h2-5,11-12,15-16H,6-10H2,1H3/t15-,16-/m1/s1. The van der Waals surface area contributed by atoms with Crippen LogP contribution in [0.2, 0.25) is 0 Å². The molecule has 2 atom stereocenters. The van der Waals surface area contributed by atoms with E-state index in [0.717, 1.165) is 32.6 Å². The number of amides is 1. The molecule has 0 aromatic carbocycles. The van der Waals surface area contributed by atoms with Crippen molar-refractivity contribution in [3.8, 4) is 0 Å². The summed E-state index contributed by atoms with van der Waals surface area (Å²) in [6.07, 6.45) is 8.51. The van der Waals surface area contributed by atoms with Crippen molar-refractivity contribution in [1.82, 2.24) is 19.7 Å². The highest BCUT2D eigenvalue weighted by molar-refractivity contribution is 5.83. The average molecular weight is 311 g/mol. The lowest BCUT2D eigenvalue weighted by Crippen LogP contribution is -2.49. The van der Waals surface area contributed by atoms with Crippen LogP contribution in [0.25, 0.3) is 0 Å². The first kappa shape index (κ1) is 14.2. The van der Waals surface area contributed by atoms with E-state index in [1.165, 1.54) is 11.3 Å². The molecule has 2 aromatic heterocycles. The Balaban J connectivity index is 1.33. The van der Waals surface area contributed by atoms with Crippen LogP contribution in [0.5, 0.6) is 0 Å². The molecule has 1 aliphatic heterocycles. The lowest BCUT2D eigenvalue weighted by atomic mass is 10.1. The second-order valence-corrected chi connectivity index (χ2v) is 6.41. The molecule has 1 amide bonds. The molecule has 2 aliphatic rings. The van der Waals surface area contributed by atoms with E-state index in [1.54, 1.807) is 0 Å². The van der Waals surface area contributed by atoms with Gasteiger partial charge in [0.05, 0.1) is 6.20 Å². The fourth-order valence-electron chi connectivity index (χ4n) is 3.44. The van der Waals surface area contributed by atoms with Gasteiger partial charge >= 0.3 is 0 Å². The van der Waals surface area contributed by atoms with E-state index in [-0.39, 0.29) is 5.92 Å². The minimum Gasteiger partial charge on any atom is -0.368 e. The van der Waals surface area contributed by atoms with Crippen LogP contribution in [0.3, 0.4) is 0 Å². The topological polar surface area (TPSA) is 54.3 Å². The summed E-state index contributed by atoms with van der Waals surface area (Å²) in [7, 11) is 1.92. The van der Waals surface area contributed by atoms with Gasteiger partial charge < -0.3 is 9.80 Å². The van der Waals surface area contributed by atoms with Crippen LogP contribution in [0.15, 0.2) is 36.9 Å². The molecule has 4 rings (SSSR count). The van der Waals surface area contributed by atoms with Gasteiger partial charge in [0.2, 0.25) is 5.91 Å². The summed E-state index contributed by atoms with van der Waals surface area (Å²) in [4.78, 5) is 21.1. The Hall–Kier alpha value is -2.37. The van der Waals surface area contributed by atoms with Gasteiger partial charge in [0.1, 0.15) is 0 Å². The highest BCUT2D eigenvalue weighted by Crippen LogP contribution is 2.48. The monoisotopic (exact) mass is 311 g/mol. The number of rotatable bonds is 3. The van der Waals surface area contributed by atoms with Gasteiger partial charge in [-0.05, 0) is 30.0 Å². The Morgan fingerprint density at radius 1 is 1.17 bits per heavy atom. The summed E-state index contributed by atoms with van der Waals surface area (Å²) in [5.74, 6) is 0.842. The molecule has 0 spiro atoms. The molecule has 23 heavy (non-hydrogen) atoms. The summed E-state index contributed by atoms with van der Waals surface area (Å²) in [5.41, 5.74) is 2.38. The summed E-state index contributed by atoms with van der Waals surface area (Å²) in [6.45, 7) is 3.38. The maximum absolute atomic E-state index is 12.7. The first-order chi connectivity index (χ1) is 11.2. The number of carbonyl (C=O) groups excluding carboxylic acids is 1. The van der Waals surface area contributed by atoms with E-state index in [1.807, 2.05) is 53.5 Å². The van der Waals surface area contributed by atoms with Gasteiger partial charge in [-0.1, -0.05) is 0 Å². The molecule has 0 radical (unpaired) electrons. The molecular weight excluding hydrogens is 290 g/mol. The Bertz CT molecular complexity index is 690. The largest absolute Gasteiger partial charge is 0.368 e. The predicted octanol–water partition coefficient (Wildman–Crippen LogP) is 1.27. The predicted molar refractivity (Wildman–Crippen MR) is 87.1 cm³/mol. The van der Waals surface area contributed by atoms with E-state index < -0.39 is 0 Å². The second kappa shape index (κ2) is 5.68. The molecule has 2 aromatic rings. The van der Waals surface area contributed by atoms with Gasteiger partial charge in [-0.3, -0.25) is 14.5 Å². The number of carbonyl (C=O) groups is 1. The van der Waals surface area contributed by atoms with Gasteiger partial charge in [-0.15, -0.1) is 0 Å². The van der Waals surface area contributed by atoms with E-state index in [9.17, 15) is 4.79 Å². The molecule has 1 saturated carbocycles. The molecule has 0 unspecified atom stereocenters. The minimum absolute atomic E-state index is 0.159. The summed E-state index contributed by atoms with van der Waals surface area (Å²) in [5, 5.41) is 4.21. The maximum Gasteiger partial charge on any atom is 0.226 e. The second-order valence-electron chi connectivity index (χ2n) is 6.41. The Labute approximate surface area is 135 Å². The molecule has 6 nitrogen and oxygen atoms in total. The van der Waals surface area contributed by atoms with Gasteiger partial charge in [0.15, 0.2) is 0 Å². The molecule has 0 bridgehead atoms. The lowest BCUT2D eigenvalue weighted by molar-refractivity contribution is -0.132. The molecule has 0 N–H and O–H groups in total. The maximum atomic E-state index is 12.7. The van der Waals surface area contributed by atoms with Crippen LogP contribution in [0.4, 0.5) is 5.69 Å². The SMILES string of the molecule is Cn1cc([C@H]2C[C@H]2C(=O)N2CCN(c3ccncc3)CC2)cn1. The normalized spacial score (nSPS) is 23.9. The van der Waals surface area contributed by atoms with Gasteiger partial charge in [0.25, 0.3) is 0 Å². The summed E-state index contributed by atoms with van der Waals surface area (Å²) >= 11 is 0. The van der Waals surface area contributed by atoms with Gasteiger partial charge in [-0.25, -0.2) is 0 Å². The highest BCUT2D eigenvalue weighted by atomic mass is 16.2. The van der Waals surface area contributed by atoms with Gasteiger partial charge in [-0.2, -0.15) is 5.10 Å². The number of hydrogen-bond acceptors (Lipinski definition) is 4. The van der Waals surface area contributed by atoms with Crippen LogP contribution in [0, 0.1) is 5.92 Å². The fourth-order valence-corrected chi connectivity index (χ4v) is 3.44. The Morgan fingerprint density at radius 3 is 2.57 bits per heavy atom. The molecular formula is C17H21N5O. The third-order valence-corrected chi connectivity index (χ3v) is 4.88. The van der Waals surface area contributed by atoms with Crippen LogP contribution >= 0.6 is 0 Å². The molecule has 120 valence electrons. The lowest BCUT2D eigenvalue weighted by Gasteiger charge is -2.36. The number of pyridine rings is 1. The van der Waals surface area contributed by atoms with Crippen LogP contribution in [0.1, 0.15) is 17.9 Å². The van der Waals surface area contributed by atoms with Crippen molar-refractivity contribution in [2.75, 3.05) is 31.1 Å². The highest BCUT2D eigenvalue weighted by Gasteiger charge is 2.46. The van der Waals surface area contributed by atoms with Crippen LogP contribution < -0.4 is 4.90 Å². The number of aromatic nitrogens is 3. The quantitative estimate of drug-likeness (QED) is 0.856. The van der Waals surface area contributed by atoms with Gasteiger partial charge in [0, 0.05) is 63.4 Å². The van der Waals surface area contributed by atoms with E-state index in [4.69, 9.17) is 0 Å². The zero-order valence-electron chi connectivity index (χ0n) is 13.3. The third-order valence-electron chi connectivity index (χ3n) is 4.88. The number of hydrogen-bond donors (Lipinski definition) is 0. The molecule has 1 saturated heterocycles. The van der Waals surface area contributed by atoms with E-state index in [2.05, 4.69) is 15.0 Å². The molecule has 3 heterocycles. The fraction of sp³-hybridized carbons (Fsp3) is 0.471. The first-order valence-electron chi connectivity index (χ1n) is 8.14. The minimum atomic E-state index is 0.159. The van der Waals surface area contributed by atoms with Crippen LogP contribution in [-0.4, -0.2) is 51.8 Å². The zero-order chi connectivity index (χ0) is 15.8. The zero-order valence-corrected chi connectivity index (χ0v) is 13.3. The van der Waals surface area contributed by atoms with Crippen molar-refractivity contribution in [1.29, 1.82) is 0 Å². The number of aryl methyl sites for hydroxylation is 1. The average Bonchev–Trinajstić information content (AvgIpc) is 3.29. The van der Waals surface area contributed by atoms with Crippen LogP contribution in [-0.2, 0) is 11.8 Å². The van der Waals surface area contributed by atoms with E-state index in [0.29, 0.717) is 11.8 Å². The summed E-state index contributed by atoms with van der Waals surface area (Å²) in [6, 6.07) is 4.05. The van der Waals surface area contributed by atoms with Crippen molar-refractivity contribution in [3.63, 3.8) is 0 Å². The first-order valence-corrected chi connectivity index (χ1v) is 8.14. The summed E-state index contributed by atoms with van der Waals surface area (Å²) < 4.78 is 1.81. The van der Waals surface area contributed by atoms with Crippen molar-refractivity contribution in [2.45, 2.75) is 12.3 Å². The van der Waals surface area contributed by atoms with Crippen molar-refractivity contribution >= 4 is 11.6 Å². The molecule has 6 heteroatoms. The van der Waals surface area contributed by atoms with Crippen molar-refractivity contribution < 1.29 is 4.79 Å². The third kappa shape index (κ3) is 2.81.